The lowest BCUT2D eigenvalue weighted by Gasteiger charge is -2.26. The molecular weight excluding hydrogens is 198 g/mol. The quantitative estimate of drug-likeness (QED) is 0.711. The van der Waals surface area contributed by atoms with Crippen LogP contribution in [-0.4, -0.2) is 31.2 Å². The van der Waals surface area contributed by atoms with Gasteiger partial charge in [0, 0.05) is 26.1 Å². The third-order valence-corrected chi connectivity index (χ3v) is 2.84. The van der Waals surface area contributed by atoms with E-state index in [1.54, 1.807) is 0 Å². The first-order valence-corrected chi connectivity index (χ1v) is 5.70. The van der Waals surface area contributed by atoms with E-state index in [-0.39, 0.29) is 0 Å². The van der Waals surface area contributed by atoms with Gasteiger partial charge >= 0.3 is 0 Å². The largest absolute Gasteiger partial charge is 0.379 e. The van der Waals surface area contributed by atoms with Crippen LogP contribution in [-0.2, 0) is 17.7 Å². The predicted octanol–water partition coefficient (Wildman–Crippen LogP) is 1.69. The van der Waals surface area contributed by atoms with E-state index < -0.39 is 0 Å². The minimum absolute atomic E-state index is 0.720. The molecule has 0 spiro atoms. The fourth-order valence-corrected chi connectivity index (χ4v) is 1.90. The van der Waals surface area contributed by atoms with E-state index in [0.29, 0.717) is 0 Å². The molecule has 0 atom stereocenters. The summed E-state index contributed by atoms with van der Waals surface area (Å²) < 4.78 is 5.32. The molecule has 0 N–H and O–H groups in total. The van der Waals surface area contributed by atoms with Crippen LogP contribution in [0.5, 0.6) is 0 Å². The van der Waals surface area contributed by atoms with Crippen molar-refractivity contribution in [2.75, 3.05) is 26.3 Å². The number of benzene rings is 1. The maximum atomic E-state index is 5.32. The zero-order valence-electron chi connectivity index (χ0n) is 9.48. The minimum atomic E-state index is 0.720. The van der Waals surface area contributed by atoms with Crippen LogP contribution in [0.4, 0.5) is 0 Å². The molecule has 0 amide bonds. The molecule has 2 heteroatoms. The second-order valence-electron chi connectivity index (χ2n) is 4.09. The van der Waals surface area contributed by atoms with Crippen molar-refractivity contribution < 1.29 is 4.74 Å². The highest BCUT2D eigenvalue weighted by Gasteiger charge is 2.10. The van der Waals surface area contributed by atoms with E-state index in [9.17, 15) is 0 Å². The summed E-state index contributed by atoms with van der Waals surface area (Å²) in [4.78, 5) is 2.42. The lowest BCUT2D eigenvalue weighted by atomic mass is 10.1. The van der Waals surface area contributed by atoms with Gasteiger partial charge in [-0.25, -0.2) is 0 Å². The van der Waals surface area contributed by atoms with Gasteiger partial charge in [-0.2, -0.15) is 0 Å². The second kappa shape index (κ2) is 5.69. The SMILES string of the molecule is C#CCc1ccc(CN2CCOCC2)cc1. The third-order valence-electron chi connectivity index (χ3n) is 2.84. The molecule has 1 aromatic rings. The molecule has 0 bridgehead atoms. The number of hydrogen-bond acceptors (Lipinski definition) is 2. The molecule has 0 saturated carbocycles. The molecule has 1 heterocycles. The van der Waals surface area contributed by atoms with Crippen molar-refractivity contribution in [3.8, 4) is 12.3 Å². The van der Waals surface area contributed by atoms with Gasteiger partial charge in [-0.1, -0.05) is 24.3 Å². The van der Waals surface area contributed by atoms with Crippen molar-refractivity contribution in [1.82, 2.24) is 4.90 Å². The maximum absolute atomic E-state index is 5.32. The van der Waals surface area contributed by atoms with Gasteiger partial charge in [0.25, 0.3) is 0 Å². The molecule has 0 unspecified atom stereocenters. The molecule has 2 nitrogen and oxygen atoms in total. The number of nitrogens with zero attached hydrogens (tertiary/aromatic N) is 1. The smallest absolute Gasteiger partial charge is 0.0594 e. The van der Waals surface area contributed by atoms with Crippen LogP contribution in [0.15, 0.2) is 24.3 Å². The van der Waals surface area contributed by atoms with Gasteiger partial charge in [0.1, 0.15) is 0 Å². The summed E-state index contributed by atoms with van der Waals surface area (Å²) in [5.74, 6) is 2.66. The van der Waals surface area contributed by atoms with Crippen LogP contribution < -0.4 is 0 Å². The highest BCUT2D eigenvalue weighted by molar-refractivity contribution is 5.25. The molecule has 0 aromatic heterocycles. The molecule has 1 saturated heterocycles. The Morgan fingerprint density at radius 2 is 1.75 bits per heavy atom. The highest BCUT2D eigenvalue weighted by atomic mass is 16.5. The number of ether oxygens (including phenoxy) is 1. The highest BCUT2D eigenvalue weighted by Crippen LogP contribution is 2.09. The molecule has 1 aliphatic rings. The summed E-state index contributed by atoms with van der Waals surface area (Å²) in [5, 5.41) is 0. The molecule has 0 radical (unpaired) electrons. The summed E-state index contributed by atoms with van der Waals surface area (Å²) in [6.45, 7) is 4.79. The van der Waals surface area contributed by atoms with Gasteiger partial charge in [-0.15, -0.1) is 12.3 Å². The number of hydrogen-bond donors (Lipinski definition) is 0. The van der Waals surface area contributed by atoms with Crippen molar-refractivity contribution in [1.29, 1.82) is 0 Å². The lowest BCUT2D eigenvalue weighted by Crippen LogP contribution is -2.35. The average molecular weight is 215 g/mol. The lowest BCUT2D eigenvalue weighted by molar-refractivity contribution is 0.0342. The third kappa shape index (κ3) is 3.10. The van der Waals surface area contributed by atoms with Crippen molar-refractivity contribution in [3.05, 3.63) is 35.4 Å². The monoisotopic (exact) mass is 215 g/mol. The van der Waals surface area contributed by atoms with Crippen LogP contribution in [0, 0.1) is 12.3 Å². The summed E-state index contributed by atoms with van der Waals surface area (Å²) in [6.07, 6.45) is 6.00. The van der Waals surface area contributed by atoms with E-state index in [2.05, 4.69) is 35.1 Å². The minimum Gasteiger partial charge on any atom is -0.379 e. The van der Waals surface area contributed by atoms with E-state index in [4.69, 9.17) is 11.2 Å². The summed E-state index contributed by atoms with van der Waals surface area (Å²) in [5.41, 5.74) is 2.57. The van der Waals surface area contributed by atoms with Gasteiger partial charge in [-0.3, -0.25) is 4.90 Å². The Morgan fingerprint density at radius 3 is 2.38 bits per heavy atom. The molecular formula is C14H17NO. The average Bonchev–Trinajstić information content (AvgIpc) is 2.33. The van der Waals surface area contributed by atoms with Crippen molar-refractivity contribution in [2.45, 2.75) is 13.0 Å². The second-order valence-corrected chi connectivity index (χ2v) is 4.09. The molecule has 1 aromatic carbocycles. The zero-order chi connectivity index (χ0) is 11.2. The standard InChI is InChI=1S/C14H17NO/c1-2-3-13-4-6-14(7-5-13)12-15-8-10-16-11-9-15/h1,4-7H,3,8-12H2. The first-order valence-electron chi connectivity index (χ1n) is 5.70. The Hall–Kier alpha value is -1.30. The Morgan fingerprint density at radius 1 is 1.12 bits per heavy atom. The summed E-state index contributed by atoms with van der Waals surface area (Å²) >= 11 is 0. The summed E-state index contributed by atoms with van der Waals surface area (Å²) in [7, 11) is 0. The first-order chi connectivity index (χ1) is 7.88. The zero-order valence-corrected chi connectivity index (χ0v) is 9.48. The molecule has 84 valence electrons. The Bertz CT molecular complexity index is 357. The van der Waals surface area contributed by atoms with Gasteiger partial charge in [0.05, 0.1) is 13.2 Å². The fourth-order valence-electron chi connectivity index (χ4n) is 1.90. The van der Waals surface area contributed by atoms with Crippen LogP contribution >= 0.6 is 0 Å². The normalized spacial score (nSPS) is 16.9. The Balaban J connectivity index is 1.91. The number of rotatable bonds is 3. The molecule has 2 rings (SSSR count). The van der Waals surface area contributed by atoms with Gasteiger partial charge in [0.2, 0.25) is 0 Å². The Labute approximate surface area is 97.2 Å². The van der Waals surface area contributed by atoms with Gasteiger partial charge in [0.15, 0.2) is 0 Å². The van der Waals surface area contributed by atoms with Crippen LogP contribution in [0.1, 0.15) is 11.1 Å². The number of morpholine rings is 1. The summed E-state index contributed by atoms with van der Waals surface area (Å²) in [6, 6.07) is 8.58. The molecule has 1 aliphatic heterocycles. The number of terminal acetylenes is 1. The van der Waals surface area contributed by atoms with E-state index in [1.165, 1.54) is 11.1 Å². The van der Waals surface area contributed by atoms with Gasteiger partial charge < -0.3 is 4.74 Å². The van der Waals surface area contributed by atoms with Gasteiger partial charge in [-0.05, 0) is 11.1 Å². The Kier molecular flexibility index (Phi) is 3.98. The van der Waals surface area contributed by atoms with Crippen molar-refractivity contribution >= 4 is 0 Å². The molecule has 1 fully saturated rings. The van der Waals surface area contributed by atoms with E-state index in [0.717, 1.165) is 39.3 Å². The van der Waals surface area contributed by atoms with Crippen molar-refractivity contribution in [2.24, 2.45) is 0 Å². The van der Waals surface area contributed by atoms with E-state index in [1.807, 2.05) is 0 Å². The predicted molar refractivity (Wildman–Crippen MR) is 65.1 cm³/mol. The van der Waals surface area contributed by atoms with Crippen LogP contribution in [0.2, 0.25) is 0 Å². The first kappa shape index (κ1) is 11.2. The van der Waals surface area contributed by atoms with Crippen LogP contribution in [0.3, 0.4) is 0 Å². The van der Waals surface area contributed by atoms with Crippen LogP contribution in [0.25, 0.3) is 0 Å². The fraction of sp³-hybridized carbons (Fsp3) is 0.429. The maximum Gasteiger partial charge on any atom is 0.0594 e. The topological polar surface area (TPSA) is 12.5 Å². The van der Waals surface area contributed by atoms with E-state index >= 15 is 0 Å². The molecule has 16 heavy (non-hydrogen) atoms. The van der Waals surface area contributed by atoms with Crippen molar-refractivity contribution in [3.63, 3.8) is 0 Å². The molecule has 0 aliphatic carbocycles.